The average molecular weight is 262 g/mol. The Hall–Kier alpha value is -1.88. The molecule has 0 atom stereocenters. The van der Waals surface area contributed by atoms with E-state index in [1.807, 2.05) is 12.1 Å². The maximum absolute atomic E-state index is 10.9. The third-order valence-corrected chi connectivity index (χ3v) is 2.95. The maximum atomic E-state index is 10.9. The quantitative estimate of drug-likeness (QED) is 0.610. The van der Waals surface area contributed by atoms with Crippen LogP contribution in [0.15, 0.2) is 29.0 Å². The predicted molar refractivity (Wildman–Crippen MR) is 71.8 cm³/mol. The van der Waals surface area contributed by atoms with E-state index < -0.39 is 0 Å². The highest BCUT2D eigenvalue weighted by Gasteiger charge is 2.01. The largest absolute Gasteiger partial charge is 0.469 e. The van der Waals surface area contributed by atoms with Crippen LogP contribution in [0.25, 0.3) is 11.1 Å². The van der Waals surface area contributed by atoms with Crippen molar-refractivity contribution in [2.45, 2.75) is 19.3 Å². The first-order valence-electron chi connectivity index (χ1n) is 6.39. The molecule has 19 heavy (non-hydrogen) atoms. The molecule has 2 aromatic rings. The number of benzene rings is 1. The van der Waals surface area contributed by atoms with Crippen molar-refractivity contribution in [3.63, 3.8) is 0 Å². The number of esters is 1. The van der Waals surface area contributed by atoms with E-state index in [0.29, 0.717) is 6.42 Å². The fourth-order valence-corrected chi connectivity index (χ4v) is 1.87. The molecule has 0 saturated carbocycles. The number of hydrogen-bond acceptors (Lipinski definition) is 5. The van der Waals surface area contributed by atoms with E-state index in [0.717, 1.165) is 37.0 Å². The lowest BCUT2D eigenvalue weighted by atomic mass is 10.1. The fourth-order valence-electron chi connectivity index (χ4n) is 1.87. The summed E-state index contributed by atoms with van der Waals surface area (Å²) < 4.78 is 9.84. The number of fused-ring (bicyclic) bond motifs is 1. The van der Waals surface area contributed by atoms with Crippen LogP contribution in [0.5, 0.6) is 0 Å². The molecule has 1 aromatic carbocycles. The Morgan fingerprint density at radius 1 is 1.42 bits per heavy atom. The molecule has 0 aliphatic rings. The molecular weight excluding hydrogens is 244 g/mol. The third-order valence-electron chi connectivity index (χ3n) is 2.95. The number of aromatic nitrogens is 1. The van der Waals surface area contributed by atoms with Crippen molar-refractivity contribution < 1.29 is 13.9 Å². The summed E-state index contributed by atoms with van der Waals surface area (Å²) in [5, 5.41) is 3.30. The predicted octanol–water partition coefficient (Wildman–Crippen LogP) is 1.91. The molecule has 1 N–H and O–H groups in total. The second-order valence-electron chi connectivity index (χ2n) is 4.33. The van der Waals surface area contributed by atoms with Crippen molar-refractivity contribution in [1.29, 1.82) is 0 Å². The minimum atomic E-state index is -0.155. The average Bonchev–Trinajstić information content (AvgIpc) is 2.89. The number of hydrogen-bond donors (Lipinski definition) is 1. The molecular formula is C14H18N2O3. The van der Waals surface area contributed by atoms with Gasteiger partial charge in [-0.25, -0.2) is 4.98 Å². The number of carbonyl (C=O) groups is 1. The molecule has 0 radical (unpaired) electrons. The SMILES string of the molecule is COC(=O)CCCNCCc1ccc2ncoc2c1. The van der Waals surface area contributed by atoms with E-state index in [4.69, 9.17) is 4.42 Å². The van der Waals surface area contributed by atoms with Gasteiger partial charge in [-0.3, -0.25) is 4.79 Å². The van der Waals surface area contributed by atoms with Crippen LogP contribution in [0.3, 0.4) is 0 Å². The van der Waals surface area contributed by atoms with Gasteiger partial charge in [0.1, 0.15) is 5.52 Å². The summed E-state index contributed by atoms with van der Waals surface area (Å²) in [5.41, 5.74) is 2.92. The summed E-state index contributed by atoms with van der Waals surface area (Å²) in [6, 6.07) is 6.03. The van der Waals surface area contributed by atoms with Gasteiger partial charge in [-0.2, -0.15) is 0 Å². The van der Waals surface area contributed by atoms with Crippen LogP contribution in [0.1, 0.15) is 18.4 Å². The Balaban J connectivity index is 1.66. The number of methoxy groups -OCH3 is 1. The normalized spacial score (nSPS) is 10.8. The number of ether oxygens (including phenoxy) is 1. The van der Waals surface area contributed by atoms with Crippen LogP contribution in [0, 0.1) is 0 Å². The van der Waals surface area contributed by atoms with Gasteiger partial charge in [0.05, 0.1) is 7.11 Å². The zero-order chi connectivity index (χ0) is 13.5. The van der Waals surface area contributed by atoms with E-state index >= 15 is 0 Å². The summed E-state index contributed by atoms with van der Waals surface area (Å²) in [7, 11) is 1.41. The Kier molecular flexibility index (Phi) is 4.92. The first kappa shape index (κ1) is 13.5. The van der Waals surface area contributed by atoms with E-state index in [1.165, 1.54) is 19.1 Å². The zero-order valence-electron chi connectivity index (χ0n) is 11.0. The van der Waals surface area contributed by atoms with Crippen molar-refractivity contribution in [2.24, 2.45) is 0 Å². The van der Waals surface area contributed by atoms with E-state index in [1.54, 1.807) is 0 Å². The van der Waals surface area contributed by atoms with Crippen molar-refractivity contribution in [1.82, 2.24) is 10.3 Å². The van der Waals surface area contributed by atoms with Crippen molar-refractivity contribution >= 4 is 17.1 Å². The van der Waals surface area contributed by atoms with Gasteiger partial charge in [0, 0.05) is 6.42 Å². The molecule has 5 heteroatoms. The van der Waals surface area contributed by atoms with Crippen LogP contribution in [0.2, 0.25) is 0 Å². The first-order chi connectivity index (χ1) is 9.29. The Bertz CT molecular complexity index is 536. The summed E-state index contributed by atoms with van der Waals surface area (Å²) in [5.74, 6) is -0.155. The van der Waals surface area contributed by atoms with Gasteiger partial charge in [-0.1, -0.05) is 6.07 Å². The number of carbonyl (C=O) groups excluding carboxylic acids is 1. The molecule has 0 amide bonds. The van der Waals surface area contributed by atoms with Crippen LogP contribution >= 0.6 is 0 Å². The second-order valence-corrected chi connectivity index (χ2v) is 4.33. The summed E-state index contributed by atoms with van der Waals surface area (Å²) in [4.78, 5) is 15.0. The van der Waals surface area contributed by atoms with Gasteiger partial charge in [0.2, 0.25) is 0 Å². The van der Waals surface area contributed by atoms with Crippen LogP contribution in [0.4, 0.5) is 0 Å². The standard InChI is InChI=1S/C14H18N2O3/c1-18-14(17)3-2-7-15-8-6-11-4-5-12-13(9-11)19-10-16-12/h4-5,9-10,15H,2-3,6-8H2,1H3. The molecule has 0 fully saturated rings. The van der Waals surface area contributed by atoms with Gasteiger partial charge in [0.25, 0.3) is 0 Å². The summed E-state index contributed by atoms with van der Waals surface area (Å²) in [6.07, 6.45) is 3.65. The highest BCUT2D eigenvalue weighted by Crippen LogP contribution is 2.14. The smallest absolute Gasteiger partial charge is 0.305 e. The number of nitrogens with zero attached hydrogens (tertiary/aromatic N) is 1. The maximum Gasteiger partial charge on any atom is 0.305 e. The van der Waals surface area contributed by atoms with Crippen molar-refractivity contribution in [3.8, 4) is 0 Å². The minimum Gasteiger partial charge on any atom is -0.469 e. The lowest BCUT2D eigenvalue weighted by Gasteiger charge is -2.04. The molecule has 2 rings (SSSR count). The number of nitrogens with one attached hydrogen (secondary N) is 1. The van der Waals surface area contributed by atoms with Gasteiger partial charge in [0.15, 0.2) is 12.0 Å². The zero-order valence-corrected chi connectivity index (χ0v) is 11.0. The molecule has 1 heterocycles. The molecule has 0 aliphatic carbocycles. The van der Waals surface area contributed by atoms with E-state index in [9.17, 15) is 4.79 Å². The molecule has 102 valence electrons. The topological polar surface area (TPSA) is 64.4 Å². The van der Waals surface area contributed by atoms with Gasteiger partial charge < -0.3 is 14.5 Å². The second kappa shape index (κ2) is 6.89. The molecule has 5 nitrogen and oxygen atoms in total. The highest BCUT2D eigenvalue weighted by atomic mass is 16.5. The van der Waals surface area contributed by atoms with Crippen LogP contribution in [-0.4, -0.2) is 31.2 Å². The van der Waals surface area contributed by atoms with E-state index in [2.05, 4.69) is 21.1 Å². The van der Waals surface area contributed by atoms with Gasteiger partial charge >= 0.3 is 5.97 Å². The molecule has 1 aromatic heterocycles. The third kappa shape index (κ3) is 4.06. The Morgan fingerprint density at radius 2 is 2.32 bits per heavy atom. The minimum absolute atomic E-state index is 0.155. The number of oxazole rings is 1. The monoisotopic (exact) mass is 262 g/mol. The van der Waals surface area contributed by atoms with Crippen molar-refractivity contribution in [2.75, 3.05) is 20.2 Å². The van der Waals surface area contributed by atoms with Gasteiger partial charge in [-0.05, 0) is 43.6 Å². The molecule has 0 unspecified atom stereocenters. The highest BCUT2D eigenvalue weighted by molar-refractivity contribution is 5.72. The lowest BCUT2D eigenvalue weighted by molar-refractivity contribution is -0.140. The van der Waals surface area contributed by atoms with Gasteiger partial charge in [-0.15, -0.1) is 0 Å². The summed E-state index contributed by atoms with van der Waals surface area (Å²) in [6.45, 7) is 1.69. The lowest BCUT2D eigenvalue weighted by Crippen LogP contribution is -2.19. The Labute approximate surface area is 112 Å². The number of rotatable bonds is 7. The summed E-state index contributed by atoms with van der Waals surface area (Å²) >= 11 is 0. The van der Waals surface area contributed by atoms with E-state index in [-0.39, 0.29) is 5.97 Å². The molecule has 0 saturated heterocycles. The van der Waals surface area contributed by atoms with Crippen LogP contribution < -0.4 is 5.32 Å². The first-order valence-corrected chi connectivity index (χ1v) is 6.39. The molecule has 0 spiro atoms. The fraction of sp³-hybridized carbons (Fsp3) is 0.429. The molecule has 0 bridgehead atoms. The Morgan fingerprint density at radius 3 is 3.16 bits per heavy atom. The van der Waals surface area contributed by atoms with Crippen molar-refractivity contribution in [3.05, 3.63) is 30.2 Å². The van der Waals surface area contributed by atoms with Crippen LogP contribution in [-0.2, 0) is 16.0 Å². The molecule has 0 aliphatic heterocycles.